The van der Waals surface area contributed by atoms with Crippen LogP contribution in [0.3, 0.4) is 0 Å². The number of benzene rings is 1. The van der Waals surface area contributed by atoms with Gasteiger partial charge in [0.25, 0.3) is 0 Å². The van der Waals surface area contributed by atoms with Gasteiger partial charge < -0.3 is 0 Å². The van der Waals surface area contributed by atoms with Crippen molar-refractivity contribution in [3.63, 3.8) is 0 Å². The van der Waals surface area contributed by atoms with Crippen molar-refractivity contribution in [1.82, 2.24) is 4.98 Å². The maximum absolute atomic E-state index is 6.12. The zero-order valence-electron chi connectivity index (χ0n) is 10.9. The quantitative estimate of drug-likeness (QED) is 0.501. The van der Waals surface area contributed by atoms with Crippen LogP contribution in [0.1, 0.15) is 24.8 Å². The summed E-state index contributed by atoms with van der Waals surface area (Å²) in [5.74, 6) is 0. The number of halogens is 1. The van der Waals surface area contributed by atoms with Gasteiger partial charge in [0.15, 0.2) is 0 Å². The molecule has 2 aromatic rings. The molecule has 19 heavy (non-hydrogen) atoms. The monoisotopic (exact) mass is 289 g/mol. The Morgan fingerprint density at radius 3 is 2.89 bits per heavy atom. The molecule has 98 valence electrons. The summed E-state index contributed by atoms with van der Waals surface area (Å²) in [5.41, 5.74) is 2.19. The van der Waals surface area contributed by atoms with Gasteiger partial charge in [-0.1, -0.05) is 35.9 Å². The minimum atomic E-state index is 0.842. The molecule has 0 aliphatic rings. The Labute approximate surface area is 122 Å². The van der Waals surface area contributed by atoms with E-state index in [0.29, 0.717) is 0 Å². The van der Waals surface area contributed by atoms with Crippen LogP contribution in [0.15, 0.2) is 54.1 Å². The number of hydrogen-bond donors (Lipinski definition) is 0. The molecule has 1 heterocycles. The second kappa shape index (κ2) is 6.69. The number of allylic oxidation sites excluding steroid dienone is 5. The van der Waals surface area contributed by atoms with Gasteiger partial charge in [0.05, 0.1) is 10.2 Å². The predicted octanol–water partition coefficient (Wildman–Crippen LogP) is 5.79. The SMILES string of the molecule is C=CCC/C(Cl)=C\C=C(/C)c1nc2ccccc2s1. The molecular formula is C16H16ClNS. The van der Waals surface area contributed by atoms with Crippen molar-refractivity contribution >= 4 is 38.7 Å². The molecule has 0 aliphatic heterocycles. The molecule has 0 amide bonds. The summed E-state index contributed by atoms with van der Waals surface area (Å²) in [6.45, 7) is 5.75. The van der Waals surface area contributed by atoms with Gasteiger partial charge in [0, 0.05) is 5.03 Å². The van der Waals surface area contributed by atoms with Crippen molar-refractivity contribution in [2.75, 3.05) is 0 Å². The number of nitrogens with zero attached hydrogens (tertiary/aromatic N) is 1. The summed E-state index contributed by atoms with van der Waals surface area (Å²) in [4.78, 5) is 4.61. The average Bonchev–Trinajstić information content (AvgIpc) is 2.86. The third-order valence-corrected chi connectivity index (χ3v) is 4.22. The second-order valence-corrected chi connectivity index (χ2v) is 5.79. The van der Waals surface area contributed by atoms with Crippen molar-refractivity contribution in [2.45, 2.75) is 19.8 Å². The van der Waals surface area contributed by atoms with Crippen LogP contribution in [-0.4, -0.2) is 4.98 Å². The minimum Gasteiger partial charge on any atom is -0.236 e. The first kappa shape index (κ1) is 14.0. The summed E-state index contributed by atoms with van der Waals surface area (Å²) in [7, 11) is 0. The average molecular weight is 290 g/mol. The van der Waals surface area contributed by atoms with E-state index in [-0.39, 0.29) is 0 Å². The molecule has 0 atom stereocenters. The van der Waals surface area contributed by atoms with Gasteiger partial charge >= 0.3 is 0 Å². The molecule has 0 bridgehead atoms. The van der Waals surface area contributed by atoms with E-state index >= 15 is 0 Å². The standard InChI is InChI=1S/C16H16ClNS/c1-3-4-7-13(17)11-10-12(2)16-18-14-8-5-6-9-15(14)19-16/h3,5-6,8-11H,1,4,7H2,2H3/b12-10+,13-11+. The van der Waals surface area contributed by atoms with Gasteiger partial charge in [-0.2, -0.15) is 0 Å². The number of rotatable bonds is 5. The Morgan fingerprint density at radius 1 is 1.37 bits per heavy atom. The van der Waals surface area contributed by atoms with E-state index in [4.69, 9.17) is 11.6 Å². The van der Waals surface area contributed by atoms with Gasteiger partial charge in [-0.3, -0.25) is 0 Å². The molecule has 2 rings (SSSR count). The first-order valence-corrected chi connectivity index (χ1v) is 7.40. The third-order valence-electron chi connectivity index (χ3n) is 2.73. The number of para-hydroxylation sites is 1. The predicted molar refractivity (Wildman–Crippen MR) is 86.6 cm³/mol. The van der Waals surface area contributed by atoms with E-state index in [1.165, 1.54) is 4.70 Å². The lowest BCUT2D eigenvalue weighted by Crippen LogP contribution is -1.77. The van der Waals surface area contributed by atoms with Crippen molar-refractivity contribution in [2.24, 2.45) is 0 Å². The first-order chi connectivity index (χ1) is 9.20. The Bertz CT molecular complexity index is 604. The van der Waals surface area contributed by atoms with E-state index < -0.39 is 0 Å². The van der Waals surface area contributed by atoms with Crippen LogP contribution >= 0.6 is 22.9 Å². The lowest BCUT2D eigenvalue weighted by Gasteiger charge is -1.95. The van der Waals surface area contributed by atoms with Crippen molar-refractivity contribution in [1.29, 1.82) is 0 Å². The Balaban J connectivity index is 2.18. The zero-order valence-corrected chi connectivity index (χ0v) is 12.5. The van der Waals surface area contributed by atoms with Crippen molar-refractivity contribution < 1.29 is 0 Å². The van der Waals surface area contributed by atoms with Crippen LogP contribution in [0.2, 0.25) is 0 Å². The molecule has 0 aliphatic carbocycles. The molecular weight excluding hydrogens is 274 g/mol. The van der Waals surface area contributed by atoms with Crippen LogP contribution in [0, 0.1) is 0 Å². The molecule has 3 heteroatoms. The molecule has 0 N–H and O–H groups in total. The van der Waals surface area contributed by atoms with E-state index in [1.807, 2.05) is 36.4 Å². The number of fused-ring (bicyclic) bond motifs is 1. The van der Waals surface area contributed by atoms with Crippen LogP contribution in [0.5, 0.6) is 0 Å². The summed E-state index contributed by atoms with van der Waals surface area (Å²) in [5, 5.41) is 1.89. The maximum atomic E-state index is 6.12. The summed E-state index contributed by atoms with van der Waals surface area (Å²) in [6, 6.07) is 8.18. The number of aromatic nitrogens is 1. The van der Waals surface area contributed by atoms with Crippen molar-refractivity contribution in [3.05, 3.63) is 59.1 Å². The Morgan fingerprint density at radius 2 is 2.16 bits per heavy atom. The lowest BCUT2D eigenvalue weighted by atomic mass is 10.2. The molecule has 0 saturated carbocycles. The topological polar surface area (TPSA) is 12.9 Å². The molecule has 0 fully saturated rings. The van der Waals surface area contributed by atoms with Crippen LogP contribution in [-0.2, 0) is 0 Å². The number of hydrogen-bond acceptors (Lipinski definition) is 2. The van der Waals surface area contributed by atoms with Gasteiger partial charge in [-0.25, -0.2) is 4.98 Å². The maximum Gasteiger partial charge on any atom is 0.120 e. The van der Waals surface area contributed by atoms with Gasteiger partial charge in [0.1, 0.15) is 5.01 Å². The summed E-state index contributed by atoms with van der Waals surface area (Å²) >= 11 is 7.83. The van der Waals surface area contributed by atoms with E-state index in [2.05, 4.69) is 24.6 Å². The van der Waals surface area contributed by atoms with Gasteiger partial charge in [-0.05, 0) is 43.5 Å². The smallest absolute Gasteiger partial charge is 0.120 e. The fourth-order valence-corrected chi connectivity index (χ4v) is 2.77. The highest BCUT2D eigenvalue weighted by Gasteiger charge is 2.03. The fourth-order valence-electron chi connectivity index (χ4n) is 1.65. The largest absolute Gasteiger partial charge is 0.236 e. The normalized spacial score (nSPS) is 12.9. The fraction of sp³-hybridized carbons (Fsp3) is 0.188. The van der Waals surface area contributed by atoms with Crippen LogP contribution < -0.4 is 0 Å². The highest BCUT2D eigenvalue weighted by Crippen LogP contribution is 2.27. The molecule has 0 radical (unpaired) electrons. The van der Waals surface area contributed by atoms with Gasteiger partial charge in [0.2, 0.25) is 0 Å². The first-order valence-electron chi connectivity index (χ1n) is 6.20. The van der Waals surface area contributed by atoms with E-state index in [1.54, 1.807) is 11.3 Å². The Hall–Kier alpha value is -1.38. The minimum absolute atomic E-state index is 0.842. The molecule has 1 aromatic heterocycles. The second-order valence-electron chi connectivity index (χ2n) is 4.28. The van der Waals surface area contributed by atoms with Crippen molar-refractivity contribution in [3.8, 4) is 0 Å². The van der Waals surface area contributed by atoms with Crippen LogP contribution in [0.25, 0.3) is 15.8 Å². The molecule has 0 unspecified atom stereocenters. The summed E-state index contributed by atoms with van der Waals surface area (Å²) < 4.78 is 1.21. The molecule has 1 nitrogen and oxygen atoms in total. The van der Waals surface area contributed by atoms with Gasteiger partial charge in [-0.15, -0.1) is 17.9 Å². The molecule has 0 spiro atoms. The summed E-state index contributed by atoms with van der Waals surface area (Å²) in [6.07, 6.45) is 7.61. The lowest BCUT2D eigenvalue weighted by molar-refractivity contribution is 1.04. The highest BCUT2D eigenvalue weighted by molar-refractivity contribution is 7.19. The number of thiazole rings is 1. The molecule has 0 saturated heterocycles. The van der Waals surface area contributed by atoms with E-state index in [0.717, 1.165) is 34.0 Å². The zero-order chi connectivity index (χ0) is 13.7. The van der Waals surface area contributed by atoms with Crippen LogP contribution in [0.4, 0.5) is 0 Å². The van der Waals surface area contributed by atoms with E-state index in [9.17, 15) is 0 Å². The molecule has 1 aromatic carbocycles. The third kappa shape index (κ3) is 3.79. The highest BCUT2D eigenvalue weighted by atomic mass is 35.5. The Kier molecular flexibility index (Phi) is 4.94.